The molecule has 2 aromatic carbocycles. The van der Waals surface area contributed by atoms with Gasteiger partial charge in [0.2, 0.25) is 0 Å². The van der Waals surface area contributed by atoms with E-state index in [0.717, 1.165) is 30.0 Å². The topological polar surface area (TPSA) is 48.3 Å². The number of hydrogen-bond acceptors (Lipinski definition) is 4. The number of para-hydroxylation sites is 1. The molecule has 0 fully saturated rings. The van der Waals surface area contributed by atoms with Gasteiger partial charge in [-0.1, -0.05) is 24.3 Å². The average Bonchev–Trinajstić information content (AvgIpc) is 3.19. The van der Waals surface area contributed by atoms with Gasteiger partial charge in [0, 0.05) is 30.5 Å². The summed E-state index contributed by atoms with van der Waals surface area (Å²) >= 11 is 0. The van der Waals surface area contributed by atoms with Gasteiger partial charge in [-0.05, 0) is 41.8 Å². The lowest BCUT2D eigenvalue weighted by Gasteiger charge is -2.26. The molecular formula is C21H23N3O2. The second-order valence-corrected chi connectivity index (χ2v) is 6.55. The van der Waals surface area contributed by atoms with Crippen LogP contribution in [0.2, 0.25) is 0 Å². The van der Waals surface area contributed by atoms with Gasteiger partial charge < -0.3 is 14.8 Å². The summed E-state index contributed by atoms with van der Waals surface area (Å²) in [6, 6.07) is 16.8. The van der Waals surface area contributed by atoms with Crippen LogP contribution in [-0.4, -0.2) is 29.5 Å². The highest BCUT2D eigenvalue weighted by atomic mass is 16.5. The molecule has 1 aliphatic rings. The smallest absolute Gasteiger partial charge is 0.123 e. The molecule has 0 radical (unpaired) electrons. The van der Waals surface area contributed by atoms with E-state index in [1.807, 2.05) is 35.1 Å². The van der Waals surface area contributed by atoms with Crippen LogP contribution in [0.3, 0.4) is 0 Å². The zero-order chi connectivity index (χ0) is 17.8. The van der Waals surface area contributed by atoms with E-state index in [1.165, 1.54) is 11.1 Å². The Morgan fingerprint density at radius 3 is 3.00 bits per heavy atom. The Labute approximate surface area is 153 Å². The van der Waals surface area contributed by atoms with Gasteiger partial charge in [0.1, 0.15) is 18.1 Å². The third-order valence-corrected chi connectivity index (χ3v) is 4.71. The number of aromatic nitrogens is 2. The fraction of sp³-hybridized carbons (Fsp3) is 0.286. The monoisotopic (exact) mass is 349 g/mol. The highest BCUT2D eigenvalue weighted by Crippen LogP contribution is 2.24. The Bertz CT molecular complexity index is 861. The van der Waals surface area contributed by atoms with Crippen molar-refractivity contribution in [2.24, 2.45) is 0 Å². The maximum absolute atomic E-state index is 5.86. The lowest BCUT2D eigenvalue weighted by atomic mass is 10.0. The van der Waals surface area contributed by atoms with Crippen LogP contribution in [0.1, 0.15) is 16.7 Å². The van der Waals surface area contributed by atoms with Crippen molar-refractivity contribution in [2.45, 2.75) is 25.6 Å². The fourth-order valence-electron chi connectivity index (χ4n) is 3.36. The van der Waals surface area contributed by atoms with Crippen LogP contribution >= 0.6 is 0 Å². The summed E-state index contributed by atoms with van der Waals surface area (Å²) in [7, 11) is 1.71. The molecule has 1 aromatic heterocycles. The number of benzene rings is 2. The van der Waals surface area contributed by atoms with E-state index >= 15 is 0 Å². The van der Waals surface area contributed by atoms with Gasteiger partial charge in [-0.15, -0.1) is 0 Å². The lowest BCUT2D eigenvalue weighted by molar-refractivity contribution is 0.238. The Balaban J connectivity index is 1.42. The van der Waals surface area contributed by atoms with Crippen molar-refractivity contribution in [1.29, 1.82) is 0 Å². The lowest BCUT2D eigenvalue weighted by Crippen LogP contribution is -2.38. The van der Waals surface area contributed by atoms with Gasteiger partial charge >= 0.3 is 0 Å². The molecule has 1 unspecified atom stereocenters. The molecule has 0 amide bonds. The van der Waals surface area contributed by atoms with Gasteiger partial charge in [-0.3, -0.25) is 4.68 Å². The molecular weight excluding hydrogens is 326 g/mol. The van der Waals surface area contributed by atoms with Crippen molar-refractivity contribution < 1.29 is 9.47 Å². The molecule has 134 valence electrons. The van der Waals surface area contributed by atoms with Crippen LogP contribution < -0.4 is 14.8 Å². The molecule has 5 heteroatoms. The minimum Gasteiger partial charge on any atom is -0.496 e. The zero-order valence-corrected chi connectivity index (χ0v) is 14.9. The molecule has 1 atom stereocenters. The molecule has 5 nitrogen and oxygen atoms in total. The first-order chi connectivity index (χ1) is 12.8. The average molecular weight is 349 g/mol. The van der Waals surface area contributed by atoms with Gasteiger partial charge in [-0.25, -0.2) is 0 Å². The molecule has 1 N–H and O–H groups in total. The maximum Gasteiger partial charge on any atom is 0.123 e. The molecule has 4 rings (SSSR count). The van der Waals surface area contributed by atoms with E-state index in [0.29, 0.717) is 19.2 Å². The first-order valence-corrected chi connectivity index (χ1v) is 8.89. The standard InChI is InChI=1S/C21H23N3O2/c1-25-20-8-7-16(11-18(20)14-24-10-4-9-23-24)13-22-19-12-17-5-2-3-6-21(17)26-15-19/h2-11,19,22H,12-15H2,1H3. The number of fused-ring (bicyclic) bond motifs is 1. The fourth-order valence-corrected chi connectivity index (χ4v) is 3.36. The summed E-state index contributed by atoms with van der Waals surface area (Å²) in [5.41, 5.74) is 3.62. The zero-order valence-electron chi connectivity index (χ0n) is 14.9. The van der Waals surface area contributed by atoms with Gasteiger partial charge in [0.15, 0.2) is 0 Å². The van der Waals surface area contributed by atoms with Crippen molar-refractivity contribution in [3.63, 3.8) is 0 Å². The molecule has 0 saturated heterocycles. The number of nitrogens with zero attached hydrogens (tertiary/aromatic N) is 2. The van der Waals surface area contributed by atoms with E-state index in [-0.39, 0.29) is 0 Å². The molecule has 3 aromatic rings. The molecule has 1 aliphatic heterocycles. The largest absolute Gasteiger partial charge is 0.496 e. The molecule has 2 heterocycles. The predicted molar refractivity (Wildman–Crippen MR) is 101 cm³/mol. The first-order valence-electron chi connectivity index (χ1n) is 8.89. The molecule has 0 saturated carbocycles. The van der Waals surface area contributed by atoms with E-state index in [2.05, 4.69) is 34.7 Å². The number of hydrogen-bond donors (Lipinski definition) is 1. The highest BCUT2D eigenvalue weighted by Gasteiger charge is 2.19. The van der Waals surface area contributed by atoms with Gasteiger partial charge in [0.25, 0.3) is 0 Å². The number of nitrogens with one attached hydrogen (secondary N) is 1. The van der Waals surface area contributed by atoms with Crippen molar-refractivity contribution in [2.75, 3.05) is 13.7 Å². The van der Waals surface area contributed by atoms with Crippen LogP contribution in [-0.2, 0) is 19.5 Å². The van der Waals surface area contributed by atoms with E-state index in [1.54, 1.807) is 13.3 Å². The minimum absolute atomic E-state index is 0.321. The van der Waals surface area contributed by atoms with Crippen LogP contribution in [0.15, 0.2) is 60.9 Å². The van der Waals surface area contributed by atoms with Crippen LogP contribution in [0, 0.1) is 0 Å². The highest BCUT2D eigenvalue weighted by molar-refractivity contribution is 5.38. The quantitative estimate of drug-likeness (QED) is 0.743. The second-order valence-electron chi connectivity index (χ2n) is 6.55. The minimum atomic E-state index is 0.321. The number of methoxy groups -OCH3 is 1. The maximum atomic E-state index is 5.86. The third-order valence-electron chi connectivity index (χ3n) is 4.71. The summed E-state index contributed by atoms with van der Waals surface area (Å²) in [6.07, 6.45) is 4.74. The molecule has 0 aliphatic carbocycles. The second kappa shape index (κ2) is 7.62. The third kappa shape index (κ3) is 3.73. The first kappa shape index (κ1) is 16.7. The van der Waals surface area contributed by atoms with Crippen molar-refractivity contribution in [3.05, 3.63) is 77.6 Å². The summed E-state index contributed by atoms with van der Waals surface area (Å²) in [5.74, 6) is 1.90. The van der Waals surface area contributed by atoms with Crippen LogP contribution in [0.25, 0.3) is 0 Å². The normalized spacial score (nSPS) is 16.0. The number of rotatable bonds is 6. The van der Waals surface area contributed by atoms with Crippen LogP contribution in [0.5, 0.6) is 11.5 Å². The van der Waals surface area contributed by atoms with E-state index in [9.17, 15) is 0 Å². The van der Waals surface area contributed by atoms with Crippen molar-refractivity contribution in [1.82, 2.24) is 15.1 Å². The van der Waals surface area contributed by atoms with Gasteiger partial charge in [0.05, 0.1) is 13.7 Å². The Hall–Kier alpha value is -2.79. The Morgan fingerprint density at radius 1 is 1.23 bits per heavy atom. The molecule has 0 bridgehead atoms. The Morgan fingerprint density at radius 2 is 2.15 bits per heavy atom. The van der Waals surface area contributed by atoms with E-state index in [4.69, 9.17) is 9.47 Å². The molecule has 26 heavy (non-hydrogen) atoms. The SMILES string of the molecule is COc1ccc(CNC2COc3ccccc3C2)cc1Cn1cccn1. The predicted octanol–water partition coefficient (Wildman–Crippen LogP) is 3.03. The van der Waals surface area contributed by atoms with Crippen LogP contribution in [0.4, 0.5) is 0 Å². The van der Waals surface area contributed by atoms with Gasteiger partial charge in [-0.2, -0.15) is 5.10 Å². The van der Waals surface area contributed by atoms with Crippen molar-refractivity contribution in [3.8, 4) is 11.5 Å². The number of ether oxygens (including phenoxy) is 2. The van der Waals surface area contributed by atoms with E-state index < -0.39 is 0 Å². The van der Waals surface area contributed by atoms with Crippen molar-refractivity contribution >= 4 is 0 Å². The summed E-state index contributed by atoms with van der Waals surface area (Å²) in [5, 5.41) is 7.90. The summed E-state index contributed by atoms with van der Waals surface area (Å²) in [6.45, 7) is 2.20. The Kier molecular flexibility index (Phi) is 4.88. The summed E-state index contributed by atoms with van der Waals surface area (Å²) in [4.78, 5) is 0. The summed E-state index contributed by atoms with van der Waals surface area (Å²) < 4.78 is 13.3. The molecule has 0 spiro atoms.